The molecule has 0 aromatic heterocycles. The van der Waals surface area contributed by atoms with Crippen LogP contribution in [0.5, 0.6) is 0 Å². The maximum absolute atomic E-state index is 12.6. The summed E-state index contributed by atoms with van der Waals surface area (Å²) in [7, 11) is 3.90. The highest BCUT2D eigenvalue weighted by Gasteiger charge is 2.21. The lowest BCUT2D eigenvalue weighted by Gasteiger charge is -2.22. The van der Waals surface area contributed by atoms with Gasteiger partial charge in [0.25, 0.3) is 5.91 Å². The first kappa shape index (κ1) is 15.7. The summed E-state index contributed by atoms with van der Waals surface area (Å²) in [5.74, 6) is 0.882. The third-order valence-electron chi connectivity index (χ3n) is 4.47. The third kappa shape index (κ3) is 3.69. The van der Waals surface area contributed by atoms with Crippen molar-refractivity contribution in [3.63, 3.8) is 0 Å². The van der Waals surface area contributed by atoms with E-state index in [1.54, 1.807) is 6.07 Å². The fourth-order valence-corrected chi connectivity index (χ4v) is 3.05. The van der Waals surface area contributed by atoms with Crippen LogP contribution in [-0.2, 0) is 0 Å². The predicted molar refractivity (Wildman–Crippen MR) is 88.7 cm³/mol. The molecule has 1 unspecified atom stereocenters. The molecule has 1 aliphatic heterocycles. The quantitative estimate of drug-likeness (QED) is 0.870. The van der Waals surface area contributed by atoms with Crippen LogP contribution in [0.2, 0.25) is 0 Å². The molecule has 1 heterocycles. The van der Waals surface area contributed by atoms with E-state index in [-0.39, 0.29) is 5.91 Å². The van der Waals surface area contributed by atoms with Crippen LogP contribution in [-0.4, -0.2) is 38.0 Å². The Morgan fingerprint density at radius 2 is 2.10 bits per heavy atom. The zero-order chi connectivity index (χ0) is 15.4. The number of nitrogens with zero attached hydrogens (tertiary/aromatic N) is 2. The lowest BCUT2D eigenvalue weighted by atomic mass is 9.98. The van der Waals surface area contributed by atoms with Gasteiger partial charge in [-0.05, 0) is 43.4 Å². The minimum absolute atomic E-state index is 0.115. The van der Waals surface area contributed by atoms with Gasteiger partial charge < -0.3 is 15.5 Å². The van der Waals surface area contributed by atoms with Gasteiger partial charge in [0.1, 0.15) is 0 Å². The Labute approximate surface area is 127 Å². The van der Waals surface area contributed by atoms with E-state index in [1.807, 2.05) is 36.0 Å². The summed E-state index contributed by atoms with van der Waals surface area (Å²) in [6, 6.07) is 5.62. The Hall–Kier alpha value is -1.71. The van der Waals surface area contributed by atoms with Gasteiger partial charge in [0.15, 0.2) is 0 Å². The molecule has 2 N–H and O–H groups in total. The average molecular weight is 289 g/mol. The van der Waals surface area contributed by atoms with Gasteiger partial charge in [0, 0.05) is 32.7 Å². The Bertz CT molecular complexity index is 499. The number of benzene rings is 1. The molecule has 1 aliphatic rings. The van der Waals surface area contributed by atoms with E-state index in [0.29, 0.717) is 11.3 Å². The highest BCUT2D eigenvalue weighted by Crippen LogP contribution is 2.25. The van der Waals surface area contributed by atoms with Crippen molar-refractivity contribution in [2.75, 3.05) is 37.8 Å². The number of nitrogens with two attached hydrogens (primary N) is 1. The standard InChI is InChI=1S/C17H27N3O/c1-4-13-6-5-10-20(11-9-13)17(21)14-7-8-16(19(2)3)15(18)12-14/h7-8,12-13H,4-6,9-11,18H2,1-3H3. The van der Waals surface area contributed by atoms with Crippen LogP contribution in [0.25, 0.3) is 0 Å². The van der Waals surface area contributed by atoms with Crippen LogP contribution >= 0.6 is 0 Å². The SMILES string of the molecule is CCC1CCCN(C(=O)c2ccc(N(C)C)c(N)c2)CC1. The smallest absolute Gasteiger partial charge is 0.253 e. The van der Waals surface area contributed by atoms with E-state index in [0.717, 1.165) is 37.5 Å². The predicted octanol–water partition coefficient (Wildman–Crippen LogP) is 2.99. The van der Waals surface area contributed by atoms with Crippen molar-refractivity contribution in [2.45, 2.75) is 32.6 Å². The van der Waals surface area contributed by atoms with Gasteiger partial charge in [-0.25, -0.2) is 0 Å². The highest BCUT2D eigenvalue weighted by molar-refractivity contribution is 5.96. The topological polar surface area (TPSA) is 49.6 Å². The number of carbonyl (C=O) groups excluding carboxylic acids is 1. The van der Waals surface area contributed by atoms with Gasteiger partial charge in [-0.1, -0.05) is 13.3 Å². The van der Waals surface area contributed by atoms with Crippen molar-refractivity contribution >= 4 is 17.3 Å². The summed E-state index contributed by atoms with van der Waals surface area (Å²) < 4.78 is 0. The monoisotopic (exact) mass is 289 g/mol. The summed E-state index contributed by atoms with van der Waals surface area (Å²) in [5, 5.41) is 0. The normalized spacial score (nSPS) is 19.2. The van der Waals surface area contributed by atoms with Crippen LogP contribution < -0.4 is 10.6 Å². The van der Waals surface area contributed by atoms with E-state index in [9.17, 15) is 4.79 Å². The Morgan fingerprint density at radius 3 is 2.71 bits per heavy atom. The van der Waals surface area contributed by atoms with Gasteiger partial charge in [0.05, 0.1) is 11.4 Å². The first-order valence-electron chi connectivity index (χ1n) is 7.89. The Morgan fingerprint density at radius 1 is 1.33 bits per heavy atom. The molecule has 0 bridgehead atoms. The molecular weight excluding hydrogens is 262 g/mol. The number of likely N-dealkylation sites (tertiary alicyclic amines) is 1. The van der Waals surface area contributed by atoms with Crippen LogP contribution in [0, 0.1) is 5.92 Å². The van der Waals surface area contributed by atoms with Crippen molar-refractivity contribution in [3.05, 3.63) is 23.8 Å². The highest BCUT2D eigenvalue weighted by atomic mass is 16.2. The van der Waals surface area contributed by atoms with E-state index in [1.165, 1.54) is 12.8 Å². The molecule has 1 saturated heterocycles. The maximum Gasteiger partial charge on any atom is 0.253 e. The molecule has 0 aliphatic carbocycles. The zero-order valence-corrected chi connectivity index (χ0v) is 13.4. The number of hydrogen-bond acceptors (Lipinski definition) is 3. The van der Waals surface area contributed by atoms with Gasteiger partial charge >= 0.3 is 0 Å². The van der Waals surface area contributed by atoms with Gasteiger partial charge in [-0.3, -0.25) is 4.79 Å². The molecule has 21 heavy (non-hydrogen) atoms. The average Bonchev–Trinajstić information content (AvgIpc) is 2.71. The Balaban J connectivity index is 2.11. The van der Waals surface area contributed by atoms with Crippen molar-refractivity contribution < 1.29 is 4.79 Å². The molecule has 1 atom stereocenters. The molecule has 4 heteroatoms. The van der Waals surface area contributed by atoms with Crippen LogP contribution in [0.15, 0.2) is 18.2 Å². The summed E-state index contributed by atoms with van der Waals surface area (Å²) in [4.78, 5) is 16.6. The van der Waals surface area contributed by atoms with Crippen LogP contribution in [0.4, 0.5) is 11.4 Å². The molecule has 0 saturated carbocycles. The molecule has 4 nitrogen and oxygen atoms in total. The summed E-state index contributed by atoms with van der Waals surface area (Å²) >= 11 is 0. The van der Waals surface area contributed by atoms with Crippen molar-refractivity contribution in [2.24, 2.45) is 5.92 Å². The zero-order valence-electron chi connectivity index (χ0n) is 13.4. The second-order valence-corrected chi connectivity index (χ2v) is 6.17. The molecule has 2 rings (SSSR count). The van der Waals surface area contributed by atoms with Crippen molar-refractivity contribution in [1.29, 1.82) is 0 Å². The van der Waals surface area contributed by atoms with Gasteiger partial charge in [-0.2, -0.15) is 0 Å². The molecule has 1 aromatic rings. The first-order valence-corrected chi connectivity index (χ1v) is 7.89. The molecule has 116 valence electrons. The summed E-state index contributed by atoms with van der Waals surface area (Å²) in [6.07, 6.45) is 4.68. The third-order valence-corrected chi connectivity index (χ3v) is 4.47. The molecule has 1 aromatic carbocycles. The first-order chi connectivity index (χ1) is 10.0. The van der Waals surface area contributed by atoms with Gasteiger partial charge in [0.2, 0.25) is 0 Å². The largest absolute Gasteiger partial charge is 0.397 e. The molecule has 1 fully saturated rings. The van der Waals surface area contributed by atoms with E-state index in [2.05, 4.69) is 6.92 Å². The number of anilines is 2. The van der Waals surface area contributed by atoms with Crippen molar-refractivity contribution in [1.82, 2.24) is 4.90 Å². The second kappa shape index (κ2) is 6.83. The lowest BCUT2D eigenvalue weighted by Crippen LogP contribution is -2.32. The Kier molecular flexibility index (Phi) is 5.10. The number of amides is 1. The molecule has 1 amide bonds. The van der Waals surface area contributed by atoms with Crippen LogP contribution in [0.1, 0.15) is 43.0 Å². The molecular formula is C17H27N3O. The molecule has 0 spiro atoms. The van der Waals surface area contributed by atoms with Crippen LogP contribution in [0.3, 0.4) is 0 Å². The second-order valence-electron chi connectivity index (χ2n) is 6.17. The number of carbonyl (C=O) groups is 1. The summed E-state index contributed by atoms with van der Waals surface area (Å²) in [6.45, 7) is 3.97. The number of hydrogen-bond donors (Lipinski definition) is 1. The minimum atomic E-state index is 0.115. The molecule has 0 radical (unpaired) electrons. The van der Waals surface area contributed by atoms with E-state index < -0.39 is 0 Å². The van der Waals surface area contributed by atoms with Gasteiger partial charge in [-0.15, -0.1) is 0 Å². The lowest BCUT2D eigenvalue weighted by molar-refractivity contribution is 0.0760. The fraction of sp³-hybridized carbons (Fsp3) is 0.588. The van der Waals surface area contributed by atoms with E-state index in [4.69, 9.17) is 5.73 Å². The minimum Gasteiger partial charge on any atom is -0.397 e. The maximum atomic E-state index is 12.6. The number of nitrogen functional groups attached to an aromatic ring is 1. The number of rotatable bonds is 3. The summed E-state index contributed by atoms with van der Waals surface area (Å²) in [5.41, 5.74) is 8.37. The van der Waals surface area contributed by atoms with Crippen molar-refractivity contribution in [3.8, 4) is 0 Å². The fourth-order valence-electron chi connectivity index (χ4n) is 3.05. The van der Waals surface area contributed by atoms with E-state index >= 15 is 0 Å².